The highest BCUT2D eigenvalue weighted by Crippen LogP contribution is 2.31. The van der Waals surface area contributed by atoms with Crippen molar-refractivity contribution in [2.24, 2.45) is 0 Å². The van der Waals surface area contributed by atoms with Crippen LogP contribution < -0.4 is 5.32 Å². The van der Waals surface area contributed by atoms with E-state index in [-0.39, 0.29) is 24.4 Å². The minimum Gasteiger partial charge on any atom is -0.341 e. The smallest absolute Gasteiger partial charge is 0.248 e. The van der Waals surface area contributed by atoms with E-state index >= 15 is 0 Å². The highest BCUT2D eigenvalue weighted by molar-refractivity contribution is 7.11. The molecule has 2 rings (SSSR count). The van der Waals surface area contributed by atoms with E-state index in [9.17, 15) is 9.59 Å². The van der Waals surface area contributed by atoms with Gasteiger partial charge in [-0.1, -0.05) is 0 Å². The number of nitrogens with zero attached hydrogens (tertiary/aromatic N) is 2. The van der Waals surface area contributed by atoms with Crippen molar-refractivity contribution in [3.8, 4) is 0 Å². The quantitative estimate of drug-likeness (QED) is 0.895. The number of rotatable bonds is 2. The summed E-state index contributed by atoms with van der Waals surface area (Å²) in [7, 11) is 0. The van der Waals surface area contributed by atoms with Crippen LogP contribution in [-0.4, -0.2) is 33.8 Å². The molecule has 0 bridgehead atoms. The molecule has 1 aliphatic rings. The maximum atomic E-state index is 12.4. The van der Waals surface area contributed by atoms with Gasteiger partial charge in [-0.05, 0) is 34.6 Å². The van der Waals surface area contributed by atoms with E-state index in [1.807, 2.05) is 20.8 Å². The molecule has 104 valence electrons. The van der Waals surface area contributed by atoms with Crippen molar-refractivity contribution >= 4 is 23.2 Å². The summed E-state index contributed by atoms with van der Waals surface area (Å²) in [5, 5.41) is 3.70. The summed E-state index contributed by atoms with van der Waals surface area (Å²) in [6.45, 7) is 9.41. The molecular formula is C13H19N3O2S. The number of hydrogen-bond donors (Lipinski definition) is 1. The van der Waals surface area contributed by atoms with Gasteiger partial charge in [-0.15, -0.1) is 11.3 Å². The number of thiazole rings is 1. The number of hydrogen-bond acceptors (Lipinski definition) is 4. The molecular weight excluding hydrogens is 262 g/mol. The zero-order chi connectivity index (χ0) is 14.4. The van der Waals surface area contributed by atoms with Crippen LogP contribution in [0.3, 0.4) is 0 Å². The Balaban J connectivity index is 2.32. The minimum atomic E-state index is -0.836. The molecule has 6 heteroatoms. The molecule has 2 amide bonds. The highest BCUT2D eigenvalue weighted by Gasteiger charge is 2.41. The Morgan fingerprint density at radius 2 is 2.00 bits per heavy atom. The number of aryl methyl sites for hydroxylation is 2. The molecule has 1 atom stereocenters. The van der Waals surface area contributed by atoms with Crippen LogP contribution in [-0.2, 0) is 9.59 Å². The van der Waals surface area contributed by atoms with Gasteiger partial charge in [0.05, 0.1) is 16.7 Å². The Morgan fingerprint density at radius 3 is 2.53 bits per heavy atom. The molecule has 0 aliphatic carbocycles. The minimum absolute atomic E-state index is 0.0509. The van der Waals surface area contributed by atoms with Gasteiger partial charge >= 0.3 is 0 Å². The van der Waals surface area contributed by atoms with E-state index in [0.29, 0.717) is 0 Å². The third-order valence-electron chi connectivity index (χ3n) is 3.35. The van der Waals surface area contributed by atoms with Gasteiger partial charge in [0.2, 0.25) is 11.8 Å². The first kappa shape index (κ1) is 14.0. The van der Waals surface area contributed by atoms with Gasteiger partial charge in [-0.2, -0.15) is 0 Å². The fourth-order valence-electron chi connectivity index (χ4n) is 2.42. The normalized spacial score (nSPS) is 20.4. The Morgan fingerprint density at radius 1 is 1.37 bits per heavy atom. The van der Waals surface area contributed by atoms with Gasteiger partial charge in [0.1, 0.15) is 12.1 Å². The van der Waals surface area contributed by atoms with Crippen LogP contribution in [0.1, 0.15) is 42.4 Å². The van der Waals surface area contributed by atoms with Gasteiger partial charge in [-0.25, -0.2) is 4.98 Å². The standard InChI is InChI=1S/C13H19N3O2S/c1-7-11(19-9(3)14-7)8(2)16-6-10(17)15-13(4,5)12(16)18/h8H,6H2,1-5H3,(H,15,17). The topological polar surface area (TPSA) is 62.3 Å². The van der Waals surface area contributed by atoms with Crippen LogP contribution >= 0.6 is 11.3 Å². The molecule has 2 heterocycles. The van der Waals surface area contributed by atoms with Gasteiger partial charge in [0.15, 0.2) is 0 Å². The van der Waals surface area contributed by atoms with Crippen molar-refractivity contribution in [2.45, 2.75) is 46.2 Å². The molecule has 0 spiro atoms. The summed E-state index contributed by atoms with van der Waals surface area (Å²) in [5.41, 5.74) is 0.101. The molecule has 19 heavy (non-hydrogen) atoms. The van der Waals surface area contributed by atoms with Crippen molar-refractivity contribution in [1.82, 2.24) is 15.2 Å². The number of carbonyl (C=O) groups excluding carboxylic acids is 2. The Labute approximate surface area is 117 Å². The lowest BCUT2D eigenvalue weighted by molar-refractivity contribution is -0.150. The van der Waals surface area contributed by atoms with Crippen LogP contribution in [0, 0.1) is 13.8 Å². The van der Waals surface area contributed by atoms with E-state index in [1.54, 1.807) is 30.1 Å². The summed E-state index contributed by atoms with van der Waals surface area (Å²) in [4.78, 5) is 31.2. The summed E-state index contributed by atoms with van der Waals surface area (Å²) >= 11 is 1.58. The second-order valence-electron chi connectivity index (χ2n) is 5.46. The predicted octanol–water partition coefficient (Wildman–Crippen LogP) is 1.56. The number of aromatic nitrogens is 1. The monoisotopic (exact) mass is 281 g/mol. The average Bonchev–Trinajstić information content (AvgIpc) is 2.61. The van der Waals surface area contributed by atoms with Crippen LogP contribution in [0.4, 0.5) is 0 Å². The molecule has 5 nitrogen and oxygen atoms in total. The number of nitrogens with one attached hydrogen (secondary N) is 1. The molecule has 1 aromatic heterocycles. The Kier molecular flexibility index (Phi) is 3.38. The highest BCUT2D eigenvalue weighted by atomic mass is 32.1. The van der Waals surface area contributed by atoms with Gasteiger partial charge in [0.25, 0.3) is 0 Å². The van der Waals surface area contributed by atoms with Gasteiger partial charge in [0, 0.05) is 4.88 Å². The molecule has 0 aromatic carbocycles. The fraction of sp³-hybridized carbons (Fsp3) is 0.615. The van der Waals surface area contributed by atoms with E-state index in [0.717, 1.165) is 15.6 Å². The van der Waals surface area contributed by atoms with Crippen molar-refractivity contribution in [3.63, 3.8) is 0 Å². The lowest BCUT2D eigenvalue weighted by Gasteiger charge is -2.40. The lowest BCUT2D eigenvalue weighted by atomic mass is 9.98. The SMILES string of the molecule is Cc1nc(C)c(C(C)N2CC(=O)NC(C)(C)C2=O)s1. The Hall–Kier alpha value is -1.43. The van der Waals surface area contributed by atoms with E-state index in [4.69, 9.17) is 0 Å². The van der Waals surface area contributed by atoms with Crippen molar-refractivity contribution in [2.75, 3.05) is 6.54 Å². The zero-order valence-corrected chi connectivity index (χ0v) is 12.7. The summed E-state index contributed by atoms with van der Waals surface area (Å²) in [6, 6.07) is -0.121. The Bertz CT molecular complexity index is 536. The molecule has 1 fully saturated rings. The molecule has 1 aromatic rings. The largest absolute Gasteiger partial charge is 0.341 e. The maximum absolute atomic E-state index is 12.4. The maximum Gasteiger partial charge on any atom is 0.248 e. The predicted molar refractivity (Wildman–Crippen MR) is 73.9 cm³/mol. The molecule has 0 saturated carbocycles. The number of amides is 2. The summed E-state index contributed by atoms with van der Waals surface area (Å²) in [5.74, 6) is -0.166. The number of carbonyl (C=O) groups is 2. The van der Waals surface area contributed by atoms with Crippen LogP contribution in [0.25, 0.3) is 0 Å². The first-order valence-corrected chi connectivity index (χ1v) is 7.10. The third kappa shape index (κ3) is 2.49. The first-order chi connectivity index (χ1) is 8.72. The van der Waals surface area contributed by atoms with Gasteiger partial charge < -0.3 is 10.2 Å². The van der Waals surface area contributed by atoms with E-state index < -0.39 is 5.54 Å². The van der Waals surface area contributed by atoms with Crippen molar-refractivity contribution in [3.05, 3.63) is 15.6 Å². The van der Waals surface area contributed by atoms with Crippen LogP contribution in [0.5, 0.6) is 0 Å². The van der Waals surface area contributed by atoms with Crippen LogP contribution in [0.2, 0.25) is 0 Å². The fourth-order valence-corrected chi connectivity index (χ4v) is 3.41. The molecule has 0 radical (unpaired) electrons. The zero-order valence-electron chi connectivity index (χ0n) is 11.9. The first-order valence-electron chi connectivity index (χ1n) is 6.28. The summed E-state index contributed by atoms with van der Waals surface area (Å²) in [6.07, 6.45) is 0. The second-order valence-corrected chi connectivity index (χ2v) is 6.70. The lowest BCUT2D eigenvalue weighted by Crippen LogP contribution is -2.64. The molecule has 1 saturated heterocycles. The third-order valence-corrected chi connectivity index (χ3v) is 4.59. The van der Waals surface area contributed by atoms with Crippen LogP contribution in [0.15, 0.2) is 0 Å². The van der Waals surface area contributed by atoms with Crippen molar-refractivity contribution < 1.29 is 9.59 Å². The molecule has 1 N–H and O–H groups in total. The molecule has 1 aliphatic heterocycles. The number of piperazine rings is 1. The molecule has 1 unspecified atom stereocenters. The second kappa shape index (κ2) is 4.59. The average molecular weight is 281 g/mol. The van der Waals surface area contributed by atoms with Crippen molar-refractivity contribution in [1.29, 1.82) is 0 Å². The van der Waals surface area contributed by atoms with E-state index in [2.05, 4.69) is 10.3 Å². The van der Waals surface area contributed by atoms with Gasteiger partial charge in [-0.3, -0.25) is 9.59 Å². The summed E-state index contributed by atoms with van der Waals surface area (Å²) < 4.78 is 0. The van der Waals surface area contributed by atoms with E-state index in [1.165, 1.54) is 0 Å².